The monoisotopic (exact) mass is 213 g/mol. The first-order valence-corrected chi connectivity index (χ1v) is 6.63. The first-order chi connectivity index (χ1) is 7.31. The zero-order valence-electron chi connectivity index (χ0n) is 10.4. The Balaban J connectivity index is 2.28. The minimum Gasteiger partial charge on any atom is -0.378 e. The van der Waals surface area contributed by atoms with E-state index in [0.717, 1.165) is 19.1 Å². The van der Waals surface area contributed by atoms with Gasteiger partial charge < -0.3 is 10.5 Å². The molecular formula is C13H27NO. The molecule has 0 saturated heterocycles. The molecule has 2 N–H and O–H groups in total. The van der Waals surface area contributed by atoms with E-state index in [1.165, 1.54) is 38.5 Å². The summed E-state index contributed by atoms with van der Waals surface area (Å²) in [5.41, 5.74) is 5.79. The average molecular weight is 213 g/mol. The van der Waals surface area contributed by atoms with Crippen LogP contribution in [-0.4, -0.2) is 19.3 Å². The second kappa shape index (κ2) is 7.24. The molecule has 1 aliphatic rings. The lowest BCUT2D eigenvalue weighted by atomic mass is 9.86. The third-order valence-electron chi connectivity index (χ3n) is 3.84. The third-order valence-corrected chi connectivity index (χ3v) is 3.84. The lowest BCUT2D eigenvalue weighted by molar-refractivity contribution is -0.0253. The maximum atomic E-state index is 6.05. The van der Waals surface area contributed by atoms with E-state index in [9.17, 15) is 0 Å². The van der Waals surface area contributed by atoms with Crippen LogP contribution in [0.25, 0.3) is 0 Å². The van der Waals surface area contributed by atoms with Crippen LogP contribution >= 0.6 is 0 Å². The Bertz CT molecular complexity index is 157. The molecule has 1 saturated carbocycles. The Morgan fingerprint density at radius 2 is 1.87 bits per heavy atom. The van der Waals surface area contributed by atoms with Crippen LogP contribution in [0.2, 0.25) is 0 Å². The van der Waals surface area contributed by atoms with E-state index in [4.69, 9.17) is 10.5 Å². The lowest BCUT2D eigenvalue weighted by Crippen LogP contribution is -2.34. The van der Waals surface area contributed by atoms with E-state index in [1.54, 1.807) is 0 Å². The highest BCUT2D eigenvalue weighted by Gasteiger charge is 2.24. The third kappa shape index (κ3) is 4.12. The molecule has 0 aromatic heterocycles. The summed E-state index contributed by atoms with van der Waals surface area (Å²) in [5, 5.41) is 0. The summed E-state index contributed by atoms with van der Waals surface area (Å²) in [6, 6.07) is 0. The molecule has 15 heavy (non-hydrogen) atoms. The lowest BCUT2D eigenvalue weighted by Gasteiger charge is -2.31. The van der Waals surface area contributed by atoms with Crippen LogP contribution in [0.1, 0.15) is 52.4 Å². The predicted octanol–water partition coefficient (Wildman–Crippen LogP) is 2.96. The van der Waals surface area contributed by atoms with Crippen molar-refractivity contribution >= 4 is 0 Å². The number of rotatable bonds is 6. The van der Waals surface area contributed by atoms with Gasteiger partial charge in [-0.2, -0.15) is 0 Å². The van der Waals surface area contributed by atoms with Crippen LogP contribution in [0.4, 0.5) is 0 Å². The number of hydrogen-bond donors (Lipinski definition) is 1. The molecule has 2 nitrogen and oxygen atoms in total. The van der Waals surface area contributed by atoms with Crippen LogP contribution in [0.15, 0.2) is 0 Å². The number of nitrogens with two attached hydrogens (primary N) is 1. The molecule has 1 fully saturated rings. The minimum atomic E-state index is 0.448. The van der Waals surface area contributed by atoms with Crippen molar-refractivity contribution in [3.8, 4) is 0 Å². The van der Waals surface area contributed by atoms with Gasteiger partial charge in [-0.05, 0) is 31.2 Å². The second-order valence-corrected chi connectivity index (χ2v) is 4.83. The van der Waals surface area contributed by atoms with Crippen molar-refractivity contribution in [2.45, 2.75) is 58.5 Å². The first-order valence-electron chi connectivity index (χ1n) is 6.63. The topological polar surface area (TPSA) is 35.2 Å². The highest BCUT2D eigenvalue weighted by Crippen LogP contribution is 2.26. The summed E-state index contributed by atoms with van der Waals surface area (Å²) in [7, 11) is 0. The molecule has 2 atom stereocenters. The fraction of sp³-hybridized carbons (Fsp3) is 1.00. The van der Waals surface area contributed by atoms with Gasteiger partial charge in [0, 0.05) is 6.61 Å². The molecule has 2 heteroatoms. The zero-order valence-corrected chi connectivity index (χ0v) is 10.4. The van der Waals surface area contributed by atoms with Crippen LogP contribution in [-0.2, 0) is 4.74 Å². The van der Waals surface area contributed by atoms with E-state index < -0.39 is 0 Å². The van der Waals surface area contributed by atoms with Crippen molar-refractivity contribution in [1.29, 1.82) is 0 Å². The quantitative estimate of drug-likeness (QED) is 0.736. The summed E-state index contributed by atoms with van der Waals surface area (Å²) in [4.78, 5) is 0. The molecule has 2 unspecified atom stereocenters. The van der Waals surface area contributed by atoms with Gasteiger partial charge in [0.15, 0.2) is 0 Å². The van der Waals surface area contributed by atoms with Crippen molar-refractivity contribution in [1.82, 2.24) is 0 Å². The second-order valence-electron chi connectivity index (χ2n) is 4.83. The van der Waals surface area contributed by atoms with Gasteiger partial charge in [-0.3, -0.25) is 0 Å². The molecule has 0 heterocycles. The standard InChI is InChI=1S/C13H27NO/c1-3-11(4-2)10-15-13-8-6-5-7-12(13)9-14/h11-13H,3-10,14H2,1-2H3. The first kappa shape index (κ1) is 13.0. The molecule has 1 rings (SSSR count). The van der Waals surface area contributed by atoms with E-state index in [-0.39, 0.29) is 0 Å². The maximum Gasteiger partial charge on any atom is 0.0615 e. The fourth-order valence-corrected chi connectivity index (χ4v) is 2.45. The summed E-state index contributed by atoms with van der Waals surface area (Å²) in [5.74, 6) is 1.36. The highest BCUT2D eigenvalue weighted by atomic mass is 16.5. The van der Waals surface area contributed by atoms with Gasteiger partial charge in [0.1, 0.15) is 0 Å². The normalized spacial score (nSPS) is 27.2. The van der Waals surface area contributed by atoms with Gasteiger partial charge >= 0.3 is 0 Å². The molecule has 0 amide bonds. The van der Waals surface area contributed by atoms with Crippen molar-refractivity contribution < 1.29 is 4.74 Å². The van der Waals surface area contributed by atoms with Gasteiger partial charge in [-0.1, -0.05) is 39.5 Å². The Morgan fingerprint density at radius 1 is 1.20 bits per heavy atom. The zero-order chi connectivity index (χ0) is 11.1. The fourth-order valence-electron chi connectivity index (χ4n) is 2.45. The Kier molecular flexibility index (Phi) is 6.26. The number of ether oxygens (including phenoxy) is 1. The van der Waals surface area contributed by atoms with Gasteiger partial charge in [-0.15, -0.1) is 0 Å². The van der Waals surface area contributed by atoms with Crippen molar-refractivity contribution in [2.24, 2.45) is 17.6 Å². The Labute approximate surface area is 94.6 Å². The number of hydrogen-bond acceptors (Lipinski definition) is 2. The molecular weight excluding hydrogens is 186 g/mol. The summed E-state index contributed by atoms with van der Waals surface area (Å²) >= 11 is 0. The van der Waals surface area contributed by atoms with Gasteiger partial charge in [0.2, 0.25) is 0 Å². The summed E-state index contributed by atoms with van der Waals surface area (Å²) in [6.07, 6.45) is 8.07. The van der Waals surface area contributed by atoms with Crippen LogP contribution in [0, 0.1) is 11.8 Å². The minimum absolute atomic E-state index is 0.448. The van der Waals surface area contributed by atoms with Gasteiger partial charge in [0.25, 0.3) is 0 Å². The summed E-state index contributed by atoms with van der Waals surface area (Å²) < 4.78 is 6.05. The molecule has 0 aromatic carbocycles. The largest absolute Gasteiger partial charge is 0.378 e. The van der Waals surface area contributed by atoms with Gasteiger partial charge in [-0.25, -0.2) is 0 Å². The predicted molar refractivity (Wildman–Crippen MR) is 64.8 cm³/mol. The molecule has 0 aromatic rings. The van der Waals surface area contributed by atoms with Gasteiger partial charge in [0.05, 0.1) is 6.10 Å². The van der Waals surface area contributed by atoms with Crippen LogP contribution in [0.3, 0.4) is 0 Å². The van der Waals surface area contributed by atoms with Crippen molar-refractivity contribution in [3.05, 3.63) is 0 Å². The SMILES string of the molecule is CCC(CC)COC1CCCCC1CN. The van der Waals surface area contributed by atoms with E-state index >= 15 is 0 Å². The van der Waals surface area contributed by atoms with E-state index in [0.29, 0.717) is 12.0 Å². The Morgan fingerprint density at radius 3 is 2.47 bits per heavy atom. The van der Waals surface area contributed by atoms with Crippen LogP contribution < -0.4 is 5.73 Å². The smallest absolute Gasteiger partial charge is 0.0615 e. The van der Waals surface area contributed by atoms with Crippen molar-refractivity contribution in [2.75, 3.05) is 13.2 Å². The molecule has 0 radical (unpaired) electrons. The Hall–Kier alpha value is -0.0800. The molecule has 1 aliphatic carbocycles. The summed E-state index contributed by atoms with van der Waals surface area (Å²) in [6.45, 7) is 6.24. The van der Waals surface area contributed by atoms with Crippen LogP contribution in [0.5, 0.6) is 0 Å². The average Bonchev–Trinajstić information content (AvgIpc) is 2.31. The molecule has 0 aliphatic heterocycles. The maximum absolute atomic E-state index is 6.05. The van der Waals surface area contributed by atoms with Crippen molar-refractivity contribution in [3.63, 3.8) is 0 Å². The highest BCUT2D eigenvalue weighted by molar-refractivity contribution is 4.76. The molecule has 0 spiro atoms. The molecule has 90 valence electrons. The van der Waals surface area contributed by atoms with E-state index in [1.807, 2.05) is 0 Å². The molecule has 0 bridgehead atoms. The van der Waals surface area contributed by atoms with E-state index in [2.05, 4.69) is 13.8 Å².